The van der Waals surface area contributed by atoms with Gasteiger partial charge in [0.25, 0.3) is 0 Å². The van der Waals surface area contributed by atoms with E-state index >= 15 is 0 Å². The fraction of sp³-hybridized carbons (Fsp3) is 0.438. The number of hydrogen-bond donors (Lipinski definition) is 1. The van der Waals surface area contributed by atoms with Crippen LogP contribution in [-0.4, -0.2) is 23.4 Å². The lowest BCUT2D eigenvalue weighted by molar-refractivity contribution is 0.399. The van der Waals surface area contributed by atoms with Crippen molar-refractivity contribution in [1.82, 2.24) is 15.1 Å². The first kappa shape index (κ1) is 14.6. The lowest BCUT2D eigenvalue weighted by Gasteiger charge is -2.17. The van der Waals surface area contributed by atoms with Gasteiger partial charge >= 0.3 is 0 Å². The van der Waals surface area contributed by atoms with Gasteiger partial charge in [-0.2, -0.15) is 5.10 Å². The largest absolute Gasteiger partial charge is 0.496 e. The fourth-order valence-corrected chi connectivity index (χ4v) is 2.27. The first-order valence-corrected chi connectivity index (χ1v) is 6.97. The first-order valence-electron chi connectivity index (χ1n) is 6.97. The summed E-state index contributed by atoms with van der Waals surface area (Å²) in [5.41, 5.74) is 3.60. The fourth-order valence-electron chi connectivity index (χ4n) is 2.27. The van der Waals surface area contributed by atoms with Crippen molar-refractivity contribution in [2.24, 2.45) is 0 Å². The van der Waals surface area contributed by atoms with Crippen molar-refractivity contribution in [3.63, 3.8) is 0 Å². The van der Waals surface area contributed by atoms with Crippen LogP contribution in [0.1, 0.15) is 29.7 Å². The van der Waals surface area contributed by atoms with Crippen LogP contribution in [0, 0.1) is 13.8 Å². The van der Waals surface area contributed by atoms with Crippen molar-refractivity contribution in [3.05, 3.63) is 47.3 Å². The summed E-state index contributed by atoms with van der Waals surface area (Å²) in [5.74, 6) is 0.944. The van der Waals surface area contributed by atoms with Gasteiger partial charge in [0, 0.05) is 24.3 Å². The molecule has 4 nitrogen and oxygen atoms in total. The normalized spacial score (nSPS) is 12.4. The van der Waals surface area contributed by atoms with E-state index in [1.54, 1.807) is 7.11 Å². The first-order chi connectivity index (χ1) is 9.60. The van der Waals surface area contributed by atoms with Crippen LogP contribution in [0.15, 0.2) is 30.6 Å². The molecule has 0 fully saturated rings. The molecule has 2 rings (SSSR count). The minimum absolute atomic E-state index is 0.252. The second-order valence-corrected chi connectivity index (χ2v) is 5.20. The number of aromatic nitrogens is 2. The Morgan fingerprint density at radius 1 is 1.30 bits per heavy atom. The van der Waals surface area contributed by atoms with Gasteiger partial charge in [-0.1, -0.05) is 12.1 Å². The third-order valence-electron chi connectivity index (χ3n) is 3.41. The van der Waals surface area contributed by atoms with Gasteiger partial charge in [0.05, 0.1) is 19.9 Å². The Labute approximate surface area is 120 Å². The number of methoxy groups -OCH3 is 1. The van der Waals surface area contributed by atoms with Crippen LogP contribution in [0.25, 0.3) is 0 Å². The number of aryl methyl sites for hydroxylation is 2. The highest BCUT2D eigenvalue weighted by Crippen LogP contribution is 2.25. The summed E-state index contributed by atoms with van der Waals surface area (Å²) in [6.07, 6.45) is 3.94. The molecular formula is C16H23N3O. The number of benzene rings is 1. The zero-order valence-electron chi connectivity index (χ0n) is 12.7. The van der Waals surface area contributed by atoms with Crippen LogP contribution in [0.2, 0.25) is 0 Å². The third-order valence-corrected chi connectivity index (χ3v) is 3.41. The van der Waals surface area contributed by atoms with Crippen molar-refractivity contribution in [1.29, 1.82) is 0 Å². The Bertz CT molecular complexity index is 563. The molecule has 0 aliphatic carbocycles. The van der Waals surface area contributed by atoms with Crippen LogP contribution >= 0.6 is 0 Å². The zero-order chi connectivity index (χ0) is 14.5. The Hall–Kier alpha value is -1.81. The Kier molecular flexibility index (Phi) is 4.79. The third kappa shape index (κ3) is 3.61. The molecule has 0 bridgehead atoms. The van der Waals surface area contributed by atoms with E-state index in [9.17, 15) is 0 Å². The molecule has 0 saturated carbocycles. The summed E-state index contributed by atoms with van der Waals surface area (Å²) < 4.78 is 7.42. The van der Waals surface area contributed by atoms with Gasteiger partial charge in [0.2, 0.25) is 0 Å². The summed E-state index contributed by atoms with van der Waals surface area (Å²) >= 11 is 0. The maximum Gasteiger partial charge on any atom is 0.123 e. The van der Waals surface area contributed by atoms with Crippen molar-refractivity contribution >= 4 is 0 Å². The topological polar surface area (TPSA) is 39.1 Å². The lowest BCUT2D eigenvalue weighted by Crippen LogP contribution is -2.24. The Morgan fingerprint density at radius 2 is 2.10 bits per heavy atom. The molecule has 1 aromatic heterocycles. The molecule has 108 valence electrons. The molecule has 2 aromatic rings. The second-order valence-electron chi connectivity index (χ2n) is 5.20. The van der Waals surface area contributed by atoms with Gasteiger partial charge in [-0.3, -0.25) is 4.68 Å². The standard InChI is InChI=1S/C16H23N3O/c1-12-5-6-15(16(9-12)20-4)14(3)17-7-8-19-11-13(2)10-18-19/h5-6,9-11,14,17H,7-8H2,1-4H3. The van der Waals surface area contributed by atoms with Crippen LogP contribution in [0.5, 0.6) is 5.75 Å². The molecule has 0 saturated heterocycles. The maximum atomic E-state index is 5.46. The van der Waals surface area contributed by atoms with Gasteiger partial charge < -0.3 is 10.1 Å². The molecule has 0 aliphatic heterocycles. The molecule has 1 heterocycles. The van der Waals surface area contributed by atoms with Crippen molar-refractivity contribution < 1.29 is 4.74 Å². The second kappa shape index (κ2) is 6.57. The highest BCUT2D eigenvalue weighted by Gasteiger charge is 2.10. The molecular weight excluding hydrogens is 250 g/mol. The van der Waals surface area contributed by atoms with Crippen molar-refractivity contribution in [3.8, 4) is 5.75 Å². The van der Waals surface area contributed by atoms with Gasteiger partial charge in [-0.25, -0.2) is 0 Å². The van der Waals surface area contributed by atoms with E-state index in [1.165, 1.54) is 16.7 Å². The summed E-state index contributed by atoms with van der Waals surface area (Å²) in [5, 5.41) is 7.79. The number of hydrogen-bond acceptors (Lipinski definition) is 3. The molecule has 0 radical (unpaired) electrons. The van der Waals surface area contributed by atoms with E-state index < -0.39 is 0 Å². The number of nitrogens with one attached hydrogen (secondary N) is 1. The molecule has 1 N–H and O–H groups in total. The molecule has 0 aliphatic rings. The average Bonchev–Trinajstić information content (AvgIpc) is 2.84. The number of nitrogens with zero attached hydrogens (tertiary/aromatic N) is 2. The highest BCUT2D eigenvalue weighted by molar-refractivity contribution is 5.38. The Balaban J connectivity index is 1.93. The Morgan fingerprint density at radius 3 is 2.75 bits per heavy atom. The highest BCUT2D eigenvalue weighted by atomic mass is 16.5. The van der Waals surface area contributed by atoms with Crippen LogP contribution in [0.3, 0.4) is 0 Å². The summed E-state index contributed by atoms with van der Waals surface area (Å²) in [6, 6.07) is 6.57. The molecule has 1 atom stereocenters. The van der Waals surface area contributed by atoms with E-state index in [1.807, 2.05) is 10.9 Å². The average molecular weight is 273 g/mol. The predicted molar refractivity (Wildman–Crippen MR) is 81.1 cm³/mol. The number of ether oxygens (including phenoxy) is 1. The SMILES string of the molecule is COc1cc(C)ccc1C(C)NCCn1cc(C)cn1. The molecule has 0 amide bonds. The quantitative estimate of drug-likeness (QED) is 0.879. The van der Waals surface area contributed by atoms with Gasteiger partial charge in [-0.15, -0.1) is 0 Å². The van der Waals surface area contributed by atoms with E-state index in [2.05, 4.69) is 55.6 Å². The maximum absolute atomic E-state index is 5.46. The smallest absolute Gasteiger partial charge is 0.123 e. The zero-order valence-corrected chi connectivity index (χ0v) is 12.7. The molecule has 20 heavy (non-hydrogen) atoms. The van der Waals surface area contributed by atoms with Gasteiger partial charge in [-0.05, 0) is 38.0 Å². The van der Waals surface area contributed by atoms with Gasteiger partial charge in [0.15, 0.2) is 0 Å². The molecule has 4 heteroatoms. The van der Waals surface area contributed by atoms with Crippen LogP contribution < -0.4 is 10.1 Å². The van der Waals surface area contributed by atoms with Crippen molar-refractivity contribution in [2.75, 3.05) is 13.7 Å². The molecule has 1 unspecified atom stereocenters. The van der Waals surface area contributed by atoms with E-state index in [-0.39, 0.29) is 6.04 Å². The summed E-state index contributed by atoms with van der Waals surface area (Å²) in [6.45, 7) is 8.02. The summed E-state index contributed by atoms with van der Waals surface area (Å²) in [7, 11) is 1.72. The predicted octanol–water partition coefficient (Wildman–Crippen LogP) is 2.86. The minimum atomic E-state index is 0.252. The van der Waals surface area contributed by atoms with Crippen LogP contribution in [0.4, 0.5) is 0 Å². The van der Waals surface area contributed by atoms with E-state index in [4.69, 9.17) is 4.74 Å². The van der Waals surface area contributed by atoms with Crippen molar-refractivity contribution in [2.45, 2.75) is 33.4 Å². The molecule has 0 spiro atoms. The summed E-state index contributed by atoms with van der Waals surface area (Å²) in [4.78, 5) is 0. The van der Waals surface area contributed by atoms with Crippen LogP contribution in [-0.2, 0) is 6.54 Å². The van der Waals surface area contributed by atoms with E-state index in [0.29, 0.717) is 0 Å². The lowest BCUT2D eigenvalue weighted by atomic mass is 10.0. The molecule has 1 aromatic carbocycles. The van der Waals surface area contributed by atoms with Gasteiger partial charge in [0.1, 0.15) is 5.75 Å². The number of rotatable bonds is 6. The van der Waals surface area contributed by atoms with E-state index in [0.717, 1.165) is 18.8 Å². The monoisotopic (exact) mass is 273 g/mol. The minimum Gasteiger partial charge on any atom is -0.496 e.